The number of ether oxygens (including phenoxy) is 1. The van der Waals surface area contributed by atoms with Crippen LogP contribution in [0.1, 0.15) is 47.4 Å². The fourth-order valence-electron chi connectivity index (χ4n) is 4.48. The number of aromatic nitrogens is 2. The Labute approximate surface area is 170 Å². The van der Waals surface area contributed by atoms with Crippen molar-refractivity contribution in [2.75, 3.05) is 13.7 Å². The Morgan fingerprint density at radius 2 is 1.57 bits per heavy atom. The van der Waals surface area contributed by atoms with Crippen LogP contribution in [0.5, 0.6) is 0 Å². The van der Waals surface area contributed by atoms with Crippen molar-refractivity contribution < 1.29 is 13.6 Å². The molecule has 2 aromatic rings. The van der Waals surface area contributed by atoms with Crippen molar-refractivity contribution in [1.82, 2.24) is 9.55 Å². The molecule has 28 heavy (non-hydrogen) atoms. The average molecular weight is 407 g/mol. The number of halogens is 1. The molecule has 0 N–H and O–H groups in total. The molecule has 0 spiro atoms. The number of hydrogen-bond donors (Lipinski definition) is 0. The van der Waals surface area contributed by atoms with Crippen LogP contribution in [0, 0.1) is 5.82 Å². The molecule has 0 aliphatic carbocycles. The molecule has 0 bridgehead atoms. The van der Waals surface area contributed by atoms with Gasteiger partial charge < -0.3 is 13.7 Å². The third-order valence-corrected chi connectivity index (χ3v) is 11.8. The van der Waals surface area contributed by atoms with Crippen LogP contribution in [0.25, 0.3) is 11.3 Å². The standard InChI is InChI=1S/C22H35FN2O2Si/c1-16(2)28(17(3)4,18(5)6)27-13-12-22-24-21(14-25(22)15-26-7)19-8-10-20(23)11-9-19/h8-11,14,16-18H,12-13,15H2,1-7H3. The molecule has 1 aromatic heterocycles. The lowest BCUT2D eigenvalue weighted by molar-refractivity contribution is 0.127. The lowest BCUT2D eigenvalue weighted by atomic mass is 10.2. The smallest absolute Gasteiger partial charge is 0.200 e. The van der Waals surface area contributed by atoms with Gasteiger partial charge in [0.15, 0.2) is 8.32 Å². The van der Waals surface area contributed by atoms with Crippen molar-refractivity contribution >= 4 is 8.32 Å². The molecule has 6 heteroatoms. The molecule has 0 saturated carbocycles. The van der Waals surface area contributed by atoms with E-state index in [0.29, 0.717) is 30.0 Å². The highest BCUT2D eigenvalue weighted by Crippen LogP contribution is 2.42. The Hall–Kier alpha value is -1.50. The van der Waals surface area contributed by atoms with Gasteiger partial charge in [0, 0.05) is 31.9 Å². The second kappa shape index (κ2) is 9.81. The van der Waals surface area contributed by atoms with Crippen molar-refractivity contribution in [2.45, 2.75) is 71.3 Å². The predicted molar refractivity (Wildman–Crippen MR) is 115 cm³/mol. The Morgan fingerprint density at radius 3 is 2.07 bits per heavy atom. The Balaban J connectivity index is 2.19. The molecule has 0 unspecified atom stereocenters. The van der Waals surface area contributed by atoms with E-state index >= 15 is 0 Å². The molecule has 0 radical (unpaired) electrons. The van der Waals surface area contributed by atoms with Crippen molar-refractivity contribution in [2.24, 2.45) is 0 Å². The Bertz CT molecular complexity index is 720. The van der Waals surface area contributed by atoms with Crippen LogP contribution in [0.2, 0.25) is 16.6 Å². The largest absolute Gasteiger partial charge is 0.416 e. The second-order valence-corrected chi connectivity index (χ2v) is 13.8. The summed E-state index contributed by atoms with van der Waals surface area (Å²) in [6.45, 7) is 14.9. The molecule has 0 fully saturated rings. The summed E-state index contributed by atoms with van der Waals surface area (Å²) < 4.78 is 27.2. The van der Waals surface area contributed by atoms with Gasteiger partial charge in [0.25, 0.3) is 0 Å². The number of nitrogens with zero attached hydrogens (tertiary/aromatic N) is 2. The normalized spacial score (nSPS) is 12.5. The molecule has 2 rings (SSSR count). The van der Waals surface area contributed by atoms with Gasteiger partial charge >= 0.3 is 0 Å². The molecule has 4 nitrogen and oxygen atoms in total. The van der Waals surface area contributed by atoms with E-state index in [1.165, 1.54) is 12.1 Å². The van der Waals surface area contributed by atoms with Crippen molar-refractivity contribution in [1.29, 1.82) is 0 Å². The van der Waals surface area contributed by atoms with E-state index in [-0.39, 0.29) is 5.82 Å². The first kappa shape index (κ1) is 22.8. The topological polar surface area (TPSA) is 36.3 Å². The Morgan fingerprint density at radius 1 is 1.00 bits per heavy atom. The third kappa shape index (κ3) is 4.91. The minimum atomic E-state index is -1.89. The maximum atomic E-state index is 13.2. The van der Waals surface area contributed by atoms with Crippen LogP contribution < -0.4 is 0 Å². The number of hydrogen-bond acceptors (Lipinski definition) is 3. The van der Waals surface area contributed by atoms with E-state index in [4.69, 9.17) is 14.1 Å². The first-order chi connectivity index (χ1) is 13.2. The van der Waals surface area contributed by atoms with Crippen LogP contribution in [0.4, 0.5) is 4.39 Å². The van der Waals surface area contributed by atoms with E-state index < -0.39 is 8.32 Å². The lowest BCUT2D eigenvalue weighted by Gasteiger charge is -2.42. The fourth-order valence-corrected chi connectivity index (χ4v) is 9.94. The van der Waals surface area contributed by atoms with Gasteiger partial charge in [-0.25, -0.2) is 9.37 Å². The number of benzene rings is 1. The molecule has 0 aliphatic heterocycles. The number of methoxy groups -OCH3 is 1. The first-order valence-electron chi connectivity index (χ1n) is 10.2. The van der Waals surface area contributed by atoms with Gasteiger partial charge in [-0.3, -0.25) is 0 Å². The van der Waals surface area contributed by atoms with Gasteiger partial charge in [0.1, 0.15) is 18.4 Å². The summed E-state index contributed by atoms with van der Waals surface area (Å²) in [6.07, 6.45) is 2.69. The fraction of sp³-hybridized carbons (Fsp3) is 0.591. The SMILES string of the molecule is COCn1cc(-c2ccc(F)cc2)nc1CCO[Si](C(C)C)(C(C)C)C(C)C. The van der Waals surface area contributed by atoms with Crippen LogP contribution in [-0.4, -0.2) is 31.6 Å². The van der Waals surface area contributed by atoms with E-state index in [0.717, 1.165) is 23.5 Å². The second-order valence-electron chi connectivity index (χ2n) is 8.35. The van der Waals surface area contributed by atoms with Crippen molar-refractivity contribution in [3.63, 3.8) is 0 Å². The summed E-state index contributed by atoms with van der Waals surface area (Å²) in [6, 6.07) is 6.43. The zero-order chi connectivity index (χ0) is 20.9. The molecule has 1 aromatic carbocycles. The van der Waals surface area contributed by atoms with Crippen LogP contribution in [-0.2, 0) is 22.3 Å². The van der Waals surface area contributed by atoms with E-state index in [1.807, 2.05) is 10.8 Å². The molecule has 156 valence electrons. The highest BCUT2D eigenvalue weighted by atomic mass is 28.4. The monoisotopic (exact) mass is 406 g/mol. The number of rotatable bonds is 10. The maximum Gasteiger partial charge on any atom is 0.200 e. The molecule has 1 heterocycles. The Kier molecular flexibility index (Phi) is 7.98. The highest BCUT2D eigenvalue weighted by Gasteiger charge is 2.44. The van der Waals surface area contributed by atoms with E-state index in [2.05, 4.69) is 41.5 Å². The molecule has 0 atom stereocenters. The first-order valence-corrected chi connectivity index (χ1v) is 12.3. The van der Waals surface area contributed by atoms with Crippen LogP contribution in [0.3, 0.4) is 0 Å². The van der Waals surface area contributed by atoms with E-state index in [1.54, 1.807) is 19.2 Å². The van der Waals surface area contributed by atoms with Gasteiger partial charge in [-0.2, -0.15) is 0 Å². The lowest BCUT2D eigenvalue weighted by Crippen LogP contribution is -2.48. The minimum absolute atomic E-state index is 0.244. The van der Waals surface area contributed by atoms with Crippen LogP contribution in [0.15, 0.2) is 30.5 Å². The van der Waals surface area contributed by atoms with Crippen molar-refractivity contribution in [3.8, 4) is 11.3 Å². The number of imidazole rings is 1. The summed E-state index contributed by atoms with van der Waals surface area (Å²) in [5.74, 6) is 0.686. The molecule has 0 saturated heterocycles. The van der Waals surface area contributed by atoms with Crippen molar-refractivity contribution in [3.05, 3.63) is 42.1 Å². The summed E-state index contributed by atoms with van der Waals surface area (Å²) >= 11 is 0. The van der Waals surface area contributed by atoms with Gasteiger partial charge in [-0.15, -0.1) is 0 Å². The summed E-state index contributed by atoms with van der Waals surface area (Å²) in [5, 5.41) is 0. The zero-order valence-corrected chi connectivity index (χ0v) is 19.3. The predicted octanol–water partition coefficient (Wildman–Crippen LogP) is 6.03. The molecular weight excluding hydrogens is 371 g/mol. The summed E-state index contributed by atoms with van der Waals surface area (Å²) in [4.78, 5) is 4.78. The minimum Gasteiger partial charge on any atom is -0.416 e. The maximum absolute atomic E-state index is 13.2. The van der Waals surface area contributed by atoms with E-state index in [9.17, 15) is 4.39 Å². The van der Waals surface area contributed by atoms with Gasteiger partial charge in [0.2, 0.25) is 0 Å². The highest BCUT2D eigenvalue weighted by molar-refractivity contribution is 6.77. The quantitative estimate of drug-likeness (QED) is 0.452. The van der Waals surface area contributed by atoms with Gasteiger partial charge in [-0.05, 0) is 40.9 Å². The molecule has 0 aliphatic rings. The average Bonchev–Trinajstić information content (AvgIpc) is 3.01. The zero-order valence-electron chi connectivity index (χ0n) is 18.3. The molecule has 0 amide bonds. The summed E-state index contributed by atoms with van der Waals surface area (Å²) in [5.41, 5.74) is 3.39. The molecular formula is C22H35FN2O2Si. The summed E-state index contributed by atoms with van der Waals surface area (Å²) in [7, 11) is -0.218. The van der Waals surface area contributed by atoms with Crippen LogP contribution >= 0.6 is 0 Å². The third-order valence-electron chi connectivity index (χ3n) is 5.65. The van der Waals surface area contributed by atoms with Gasteiger partial charge in [-0.1, -0.05) is 41.5 Å². The van der Waals surface area contributed by atoms with Gasteiger partial charge in [0.05, 0.1) is 5.69 Å².